The third-order valence-corrected chi connectivity index (χ3v) is 8.83. The fraction of sp³-hybridized carbons (Fsp3) is 0.323. The summed E-state index contributed by atoms with van der Waals surface area (Å²) < 4.78 is 39.6. The van der Waals surface area contributed by atoms with E-state index in [2.05, 4.69) is 16.5 Å². The highest BCUT2D eigenvalue weighted by atomic mass is 19.1. The number of nitrogens with zero attached hydrogens (tertiary/aromatic N) is 5. The Morgan fingerprint density at radius 3 is 2.74 bits per heavy atom. The molecule has 2 unspecified atom stereocenters. The maximum atomic E-state index is 16.5. The van der Waals surface area contributed by atoms with Crippen molar-refractivity contribution in [2.75, 3.05) is 24.6 Å². The van der Waals surface area contributed by atoms with Crippen LogP contribution in [0.5, 0.6) is 5.75 Å². The lowest BCUT2D eigenvalue weighted by molar-refractivity contribution is -0.691. The molecule has 2 N–H and O–H groups in total. The van der Waals surface area contributed by atoms with Crippen molar-refractivity contribution >= 4 is 23.1 Å². The number of piperazine rings is 1. The van der Waals surface area contributed by atoms with E-state index in [-0.39, 0.29) is 41.6 Å². The lowest BCUT2D eigenvalue weighted by atomic mass is 9.92. The number of aromatic nitrogens is 2. The minimum atomic E-state index is -1.30. The third-order valence-electron chi connectivity index (χ3n) is 8.83. The van der Waals surface area contributed by atoms with E-state index in [1.165, 1.54) is 30.3 Å². The number of fused-ring (bicyclic) bond motifs is 5. The lowest BCUT2D eigenvalue weighted by Gasteiger charge is -2.51. The van der Waals surface area contributed by atoms with Gasteiger partial charge in [0.2, 0.25) is 5.91 Å². The Morgan fingerprint density at radius 1 is 1.21 bits per heavy atom. The normalized spacial score (nSPS) is 23.9. The molecule has 9 nitrogen and oxygen atoms in total. The van der Waals surface area contributed by atoms with Crippen LogP contribution in [0.3, 0.4) is 0 Å². The summed E-state index contributed by atoms with van der Waals surface area (Å²) in [7, 11) is 0. The number of amides is 1. The van der Waals surface area contributed by atoms with Gasteiger partial charge in [-0.05, 0) is 56.7 Å². The molecule has 1 aromatic carbocycles. The number of hydrogen-bond acceptors (Lipinski definition) is 7. The summed E-state index contributed by atoms with van der Waals surface area (Å²) >= 11 is 0. The van der Waals surface area contributed by atoms with Crippen molar-refractivity contribution in [1.29, 1.82) is 0 Å². The fourth-order valence-electron chi connectivity index (χ4n) is 6.93. The molecule has 4 aliphatic rings. The zero-order valence-electron chi connectivity index (χ0n) is 23.4. The summed E-state index contributed by atoms with van der Waals surface area (Å²) in [5.74, 6) is -1.43. The Hall–Kier alpha value is -4.51. The predicted octanol–water partition coefficient (Wildman–Crippen LogP) is 3.51. The van der Waals surface area contributed by atoms with Crippen molar-refractivity contribution in [3.8, 4) is 17.0 Å². The number of pyridine rings is 2. The number of carbonyl (C=O) groups excluding carboxylic acids is 1. The number of aryl methyl sites for hydroxylation is 1. The van der Waals surface area contributed by atoms with Gasteiger partial charge in [0.05, 0.1) is 17.3 Å². The maximum absolute atomic E-state index is 16.5. The van der Waals surface area contributed by atoms with Gasteiger partial charge >= 0.3 is 0 Å². The molecule has 1 saturated heterocycles. The molecule has 0 bridgehead atoms. The van der Waals surface area contributed by atoms with Crippen LogP contribution in [-0.4, -0.2) is 68.9 Å². The number of aromatic hydroxyl groups is 1. The number of halogens is 2. The van der Waals surface area contributed by atoms with Gasteiger partial charge in [-0.1, -0.05) is 12.6 Å². The third kappa shape index (κ3) is 3.46. The first-order valence-electron chi connectivity index (χ1n) is 13.9. The first kappa shape index (κ1) is 26.4. The Morgan fingerprint density at radius 2 is 2.00 bits per heavy atom. The van der Waals surface area contributed by atoms with E-state index in [1.54, 1.807) is 20.6 Å². The number of phenols is 1. The molecule has 4 aliphatic heterocycles. The van der Waals surface area contributed by atoms with E-state index < -0.39 is 29.7 Å². The largest absolute Gasteiger partial charge is 0.507 e. The van der Waals surface area contributed by atoms with Gasteiger partial charge in [0.15, 0.2) is 23.0 Å². The summed E-state index contributed by atoms with van der Waals surface area (Å²) in [5.41, 5.74) is 2.59. The molecule has 1 fully saturated rings. The van der Waals surface area contributed by atoms with Crippen LogP contribution in [0.4, 0.5) is 20.3 Å². The lowest BCUT2D eigenvalue weighted by Crippen LogP contribution is -2.63. The number of anilines is 2. The zero-order valence-corrected chi connectivity index (χ0v) is 23.4. The Labute approximate surface area is 241 Å². The van der Waals surface area contributed by atoms with Crippen molar-refractivity contribution < 1.29 is 33.1 Å². The highest BCUT2D eigenvalue weighted by molar-refractivity contribution is 5.88. The van der Waals surface area contributed by atoms with E-state index in [0.717, 1.165) is 5.56 Å². The molecule has 11 heteroatoms. The average Bonchev–Trinajstić information content (AvgIpc) is 2.96. The van der Waals surface area contributed by atoms with Crippen LogP contribution in [0, 0.1) is 18.6 Å². The van der Waals surface area contributed by atoms with Crippen LogP contribution in [0.2, 0.25) is 0 Å². The van der Waals surface area contributed by atoms with E-state index in [4.69, 9.17) is 4.74 Å². The molecular weight excluding hydrogens is 544 g/mol. The second kappa shape index (κ2) is 9.25. The van der Waals surface area contributed by atoms with Gasteiger partial charge in [-0.25, -0.2) is 13.3 Å². The van der Waals surface area contributed by atoms with Gasteiger partial charge in [0, 0.05) is 25.3 Å². The number of benzene rings is 1. The van der Waals surface area contributed by atoms with Crippen LogP contribution < -0.4 is 9.47 Å². The van der Waals surface area contributed by atoms with Crippen LogP contribution in [-0.2, 0) is 9.53 Å². The van der Waals surface area contributed by atoms with Gasteiger partial charge in [0.25, 0.3) is 12.0 Å². The van der Waals surface area contributed by atoms with E-state index in [9.17, 15) is 15.0 Å². The molecule has 0 aliphatic carbocycles. The number of aliphatic hydroxyl groups excluding tert-OH is 1. The zero-order chi connectivity index (χ0) is 29.6. The SMILES string of the molecule is C=CC(=O)N1C[C@@H]2COC3=C(c4cc(F)c(-c5c(O)cccc5F)[n+]5c4N(c4c(C)ccnc4C5C)C3O)N2C[C@H]1C. The van der Waals surface area contributed by atoms with Crippen LogP contribution >= 0.6 is 0 Å². The Balaban J connectivity index is 1.52. The van der Waals surface area contributed by atoms with Crippen LogP contribution in [0.25, 0.3) is 17.0 Å². The summed E-state index contributed by atoms with van der Waals surface area (Å²) in [6.07, 6.45) is 1.63. The smallest absolute Gasteiger partial charge is 0.295 e. The van der Waals surface area contributed by atoms with E-state index >= 15 is 8.78 Å². The Kier molecular flexibility index (Phi) is 5.81. The highest BCUT2D eigenvalue weighted by Crippen LogP contribution is 2.51. The molecule has 0 saturated carbocycles. The van der Waals surface area contributed by atoms with Crippen molar-refractivity contribution in [3.63, 3.8) is 0 Å². The molecule has 216 valence electrons. The van der Waals surface area contributed by atoms with E-state index in [0.29, 0.717) is 41.5 Å². The molecule has 42 heavy (non-hydrogen) atoms. The molecule has 6 heterocycles. The molecule has 3 aromatic rings. The van der Waals surface area contributed by atoms with E-state index in [1.807, 2.05) is 26.8 Å². The molecule has 4 atom stereocenters. The number of hydrogen-bond donors (Lipinski definition) is 2. The van der Waals surface area contributed by atoms with Gasteiger partial charge in [-0.2, -0.15) is 4.90 Å². The van der Waals surface area contributed by atoms with Crippen molar-refractivity contribution in [3.05, 3.63) is 83.4 Å². The Bertz CT molecular complexity index is 1710. The minimum absolute atomic E-state index is 0.157. The van der Waals surface area contributed by atoms with Gasteiger partial charge in [-0.3, -0.25) is 9.78 Å². The maximum Gasteiger partial charge on any atom is 0.295 e. The number of phenolic OH excluding ortho intramolecular Hbond substituents is 1. The van der Waals surface area contributed by atoms with Crippen molar-refractivity contribution in [1.82, 2.24) is 14.8 Å². The summed E-state index contributed by atoms with van der Waals surface area (Å²) in [4.78, 5) is 22.6. The minimum Gasteiger partial charge on any atom is -0.507 e. The second-order valence-electron chi connectivity index (χ2n) is 11.2. The molecule has 7 rings (SSSR count). The molecule has 2 aromatic heterocycles. The monoisotopic (exact) mass is 574 g/mol. The standard InChI is InChI=1S/C31H29F2N5O4/c1-5-23(40)35-13-18-14-42-29-27(36(18)12-16(35)3)19-11-21(33)28(24-20(32)7-6-8-22(24)39)37-17(4)25-26(15(2)9-10-34-25)38(30(19)37)31(29)41/h5-11,16-18,31,41H,1,12-14H2,2-4H3/p+1/t16-,17?,18-,31?/m1/s1. The average molecular weight is 575 g/mol. The number of ether oxygens (including phenoxy) is 1. The van der Waals surface area contributed by atoms with Crippen LogP contribution in [0.15, 0.2) is 54.9 Å². The topological polar surface area (TPSA) is 93.2 Å². The molecule has 0 radical (unpaired) electrons. The number of carbonyl (C=O) groups is 1. The van der Waals surface area contributed by atoms with Gasteiger partial charge in [0.1, 0.15) is 35.5 Å². The summed E-state index contributed by atoms with van der Waals surface area (Å²) in [5, 5.41) is 22.7. The molecule has 1 amide bonds. The number of rotatable bonds is 2. The van der Waals surface area contributed by atoms with Crippen molar-refractivity contribution in [2.45, 2.75) is 45.1 Å². The number of aliphatic hydroxyl groups is 1. The fourth-order valence-corrected chi connectivity index (χ4v) is 6.93. The molecule has 0 spiro atoms. The predicted molar refractivity (Wildman–Crippen MR) is 149 cm³/mol. The molecular formula is C31H30F2N5O4+. The van der Waals surface area contributed by atoms with Gasteiger partial charge in [-0.15, -0.1) is 0 Å². The quantitative estimate of drug-likeness (QED) is 0.358. The summed E-state index contributed by atoms with van der Waals surface area (Å²) in [6, 6.07) is 5.96. The van der Waals surface area contributed by atoms with Crippen molar-refractivity contribution in [2.24, 2.45) is 0 Å². The first-order valence-corrected chi connectivity index (χ1v) is 13.9. The second-order valence-corrected chi connectivity index (χ2v) is 11.2. The van der Waals surface area contributed by atoms with Crippen LogP contribution in [0.1, 0.15) is 36.7 Å². The highest BCUT2D eigenvalue weighted by Gasteiger charge is 2.54. The summed E-state index contributed by atoms with van der Waals surface area (Å²) in [6.45, 7) is 10.3. The van der Waals surface area contributed by atoms with Gasteiger partial charge < -0.3 is 24.7 Å². The first-order chi connectivity index (χ1) is 20.1.